The molecule has 0 bridgehead atoms. The van der Waals surface area contributed by atoms with Crippen LogP contribution in [-0.4, -0.2) is 22.6 Å². The largest absolute Gasteiger partial charge is 0.504 e. The third-order valence-corrected chi connectivity index (χ3v) is 3.58. The molecular weight excluding hydrogens is 296 g/mol. The summed E-state index contributed by atoms with van der Waals surface area (Å²) in [4.78, 5) is 36.6. The summed E-state index contributed by atoms with van der Waals surface area (Å²) in [5.74, 6) is -2.28. The van der Waals surface area contributed by atoms with Crippen LogP contribution >= 0.6 is 0 Å². The number of aromatic hydroxyl groups is 1. The average molecular weight is 308 g/mol. The number of fused-ring (bicyclic) bond motifs is 2. The van der Waals surface area contributed by atoms with Crippen molar-refractivity contribution in [2.24, 2.45) is 0 Å². The summed E-state index contributed by atoms with van der Waals surface area (Å²) in [5.41, 5.74) is 0.580. The van der Waals surface area contributed by atoms with Crippen molar-refractivity contribution >= 4 is 17.5 Å². The van der Waals surface area contributed by atoms with E-state index in [1.165, 1.54) is 25.1 Å². The van der Waals surface area contributed by atoms with Crippen LogP contribution in [0.1, 0.15) is 38.8 Å². The number of rotatable bonds is 2. The second-order valence-corrected chi connectivity index (χ2v) is 5.21. The molecule has 0 unspecified atom stereocenters. The molecule has 2 aromatic carbocycles. The van der Waals surface area contributed by atoms with Crippen LogP contribution in [0.5, 0.6) is 11.5 Å². The lowest BCUT2D eigenvalue weighted by atomic mass is 9.83. The number of ether oxygens (including phenoxy) is 1. The molecule has 0 saturated carbocycles. The summed E-state index contributed by atoms with van der Waals surface area (Å²) in [6.45, 7) is 4.91. The van der Waals surface area contributed by atoms with Gasteiger partial charge in [0.2, 0.25) is 0 Å². The fraction of sp³-hybridized carbons (Fsp3) is 0.0556. The second-order valence-electron chi connectivity index (χ2n) is 5.21. The van der Waals surface area contributed by atoms with Gasteiger partial charge in [-0.2, -0.15) is 0 Å². The van der Waals surface area contributed by atoms with Gasteiger partial charge >= 0.3 is 5.97 Å². The Balaban J connectivity index is 2.15. The van der Waals surface area contributed by atoms with Gasteiger partial charge in [0, 0.05) is 22.3 Å². The zero-order valence-electron chi connectivity index (χ0n) is 12.3. The summed E-state index contributed by atoms with van der Waals surface area (Å²) in [6.07, 6.45) is 0. The van der Waals surface area contributed by atoms with E-state index in [0.717, 1.165) is 0 Å². The third-order valence-electron chi connectivity index (χ3n) is 3.58. The Hall–Kier alpha value is -3.21. The van der Waals surface area contributed by atoms with E-state index < -0.39 is 17.5 Å². The molecule has 3 rings (SSSR count). The minimum absolute atomic E-state index is 0.0846. The lowest BCUT2D eigenvalue weighted by Gasteiger charge is -2.19. The SMILES string of the molecule is C=C(C)C(=O)Oc1ccc2c(c1O)C(=O)c1ccccc1C2=O. The van der Waals surface area contributed by atoms with Crippen molar-refractivity contribution in [1.82, 2.24) is 0 Å². The van der Waals surface area contributed by atoms with Gasteiger partial charge in [0.25, 0.3) is 0 Å². The van der Waals surface area contributed by atoms with Crippen molar-refractivity contribution in [1.29, 1.82) is 0 Å². The fourth-order valence-corrected chi connectivity index (χ4v) is 2.42. The average Bonchev–Trinajstić information content (AvgIpc) is 2.54. The number of benzene rings is 2. The molecule has 0 aliphatic heterocycles. The highest BCUT2D eigenvalue weighted by molar-refractivity contribution is 6.29. The van der Waals surface area contributed by atoms with E-state index in [1.807, 2.05) is 0 Å². The van der Waals surface area contributed by atoms with E-state index >= 15 is 0 Å². The maximum Gasteiger partial charge on any atom is 0.338 e. The van der Waals surface area contributed by atoms with Gasteiger partial charge in [-0.1, -0.05) is 30.8 Å². The predicted octanol–water partition coefficient (Wildman–Crippen LogP) is 2.65. The van der Waals surface area contributed by atoms with Crippen molar-refractivity contribution < 1.29 is 24.2 Å². The normalized spacial score (nSPS) is 12.4. The molecular formula is C18H12O5. The Bertz CT molecular complexity index is 892. The van der Waals surface area contributed by atoms with Gasteiger partial charge in [0.05, 0.1) is 5.56 Å². The Kier molecular flexibility index (Phi) is 3.33. The van der Waals surface area contributed by atoms with Crippen molar-refractivity contribution in [3.8, 4) is 11.5 Å². The Labute approximate surface area is 131 Å². The molecule has 2 aromatic rings. The monoisotopic (exact) mass is 308 g/mol. The number of phenolic OH excluding ortho intramolecular Hbond substituents is 1. The van der Waals surface area contributed by atoms with Crippen molar-refractivity contribution in [2.45, 2.75) is 6.92 Å². The molecule has 5 nitrogen and oxygen atoms in total. The molecule has 0 fully saturated rings. The minimum Gasteiger partial charge on any atom is -0.504 e. The van der Waals surface area contributed by atoms with Crippen LogP contribution in [0, 0.1) is 0 Å². The van der Waals surface area contributed by atoms with Gasteiger partial charge in [-0.05, 0) is 19.1 Å². The molecule has 0 amide bonds. The standard InChI is InChI=1S/C18H12O5/c1-9(2)18(22)23-13-8-7-12-14(17(13)21)16(20)11-6-4-3-5-10(11)15(12)19/h3-8,21H,1H2,2H3. The Morgan fingerprint density at radius 2 is 1.61 bits per heavy atom. The van der Waals surface area contributed by atoms with E-state index in [9.17, 15) is 19.5 Å². The van der Waals surface area contributed by atoms with Gasteiger partial charge in [0.15, 0.2) is 23.1 Å². The first kappa shape index (κ1) is 14.7. The Morgan fingerprint density at radius 3 is 2.22 bits per heavy atom. The number of carbonyl (C=O) groups is 3. The molecule has 1 aliphatic rings. The first-order chi connectivity index (χ1) is 10.9. The third kappa shape index (κ3) is 2.23. The molecule has 0 radical (unpaired) electrons. The van der Waals surface area contributed by atoms with Gasteiger partial charge < -0.3 is 9.84 Å². The van der Waals surface area contributed by atoms with Crippen molar-refractivity contribution in [3.05, 3.63) is 70.8 Å². The summed E-state index contributed by atoms with van der Waals surface area (Å²) in [6, 6.07) is 9.03. The van der Waals surface area contributed by atoms with Crippen molar-refractivity contribution in [3.63, 3.8) is 0 Å². The van der Waals surface area contributed by atoms with E-state index in [0.29, 0.717) is 0 Å². The molecule has 1 aliphatic carbocycles. The maximum absolute atomic E-state index is 12.6. The predicted molar refractivity (Wildman–Crippen MR) is 81.9 cm³/mol. The van der Waals surface area contributed by atoms with Crippen LogP contribution in [0.25, 0.3) is 0 Å². The zero-order chi connectivity index (χ0) is 16.7. The number of phenols is 1. The highest BCUT2D eigenvalue weighted by Crippen LogP contribution is 2.38. The maximum atomic E-state index is 12.6. The van der Waals surface area contributed by atoms with Crippen LogP contribution in [0.15, 0.2) is 48.6 Å². The number of carbonyl (C=O) groups excluding carboxylic acids is 3. The smallest absolute Gasteiger partial charge is 0.338 e. The van der Waals surface area contributed by atoms with Crippen molar-refractivity contribution in [2.75, 3.05) is 0 Å². The van der Waals surface area contributed by atoms with Crippen LogP contribution in [0.2, 0.25) is 0 Å². The van der Waals surface area contributed by atoms with Gasteiger partial charge in [-0.3, -0.25) is 9.59 Å². The molecule has 0 saturated heterocycles. The number of hydrogen-bond donors (Lipinski definition) is 1. The van der Waals surface area contributed by atoms with E-state index in [4.69, 9.17) is 4.74 Å². The van der Waals surface area contributed by atoms with Crippen LogP contribution in [0.3, 0.4) is 0 Å². The molecule has 114 valence electrons. The molecule has 0 aromatic heterocycles. The summed E-state index contributed by atoms with van der Waals surface area (Å²) in [7, 11) is 0. The Morgan fingerprint density at radius 1 is 1.00 bits per heavy atom. The summed E-state index contributed by atoms with van der Waals surface area (Å²) in [5, 5.41) is 10.3. The second kappa shape index (κ2) is 5.21. The number of esters is 1. The minimum atomic E-state index is -0.727. The van der Waals surface area contributed by atoms with Crippen LogP contribution < -0.4 is 4.74 Å². The van der Waals surface area contributed by atoms with Gasteiger partial charge in [-0.15, -0.1) is 0 Å². The van der Waals surface area contributed by atoms with E-state index in [2.05, 4.69) is 6.58 Å². The lowest BCUT2D eigenvalue weighted by molar-refractivity contribution is -0.130. The topological polar surface area (TPSA) is 80.7 Å². The van der Waals surface area contributed by atoms with Crippen LogP contribution in [0.4, 0.5) is 0 Å². The van der Waals surface area contributed by atoms with Crippen LogP contribution in [-0.2, 0) is 4.79 Å². The molecule has 0 heterocycles. The number of ketones is 2. The van der Waals surface area contributed by atoms with E-state index in [-0.39, 0.29) is 39.4 Å². The highest BCUT2D eigenvalue weighted by Gasteiger charge is 2.33. The molecule has 1 N–H and O–H groups in total. The summed E-state index contributed by atoms with van der Waals surface area (Å²) < 4.78 is 4.99. The zero-order valence-corrected chi connectivity index (χ0v) is 12.3. The lowest BCUT2D eigenvalue weighted by Crippen LogP contribution is -2.21. The van der Waals surface area contributed by atoms with Gasteiger partial charge in [-0.25, -0.2) is 4.79 Å². The number of hydrogen-bond acceptors (Lipinski definition) is 5. The first-order valence-electron chi connectivity index (χ1n) is 6.84. The molecule has 0 atom stereocenters. The summed E-state index contributed by atoms with van der Waals surface area (Å²) >= 11 is 0. The molecule has 0 spiro atoms. The molecule has 5 heteroatoms. The quantitative estimate of drug-likeness (QED) is 0.447. The highest BCUT2D eigenvalue weighted by atomic mass is 16.5. The van der Waals surface area contributed by atoms with Gasteiger partial charge in [0.1, 0.15) is 0 Å². The molecule has 23 heavy (non-hydrogen) atoms. The van der Waals surface area contributed by atoms with E-state index in [1.54, 1.807) is 18.2 Å². The first-order valence-corrected chi connectivity index (χ1v) is 6.84. The fourth-order valence-electron chi connectivity index (χ4n) is 2.42.